The normalized spacial score (nSPS) is 26.2. The minimum absolute atomic E-state index is 0.0237. The van der Waals surface area contributed by atoms with Crippen LogP contribution in [-0.4, -0.2) is 65.7 Å². The van der Waals surface area contributed by atoms with Crippen molar-refractivity contribution in [2.75, 3.05) is 33.4 Å². The summed E-state index contributed by atoms with van der Waals surface area (Å²) in [6.07, 6.45) is 6.74. The highest BCUT2D eigenvalue weighted by Crippen LogP contribution is 2.44. The van der Waals surface area contributed by atoms with Crippen molar-refractivity contribution in [3.05, 3.63) is 11.9 Å². The van der Waals surface area contributed by atoms with Crippen molar-refractivity contribution in [2.45, 2.75) is 51.0 Å². The number of likely N-dealkylation sites (tertiary alicyclic amines) is 1. The van der Waals surface area contributed by atoms with E-state index in [0.29, 0.717) is 26.3 Å². The molecular weight excluding hydrogens is 308 g/mol. The molecule has 0 bridgehead atoms. The first-order valence-electron chi connectivity index (χ1n) is 8.96. The molecule has 0 radical (unpaired) electrons. The Kier molecular flexibility index (Phi) is 5.50. The third kappa shape index (κ3) is 3.32. The molecular formula is C17H28N4O3. The van der Waals surface area contributed by atoms with Gasteiger partial charge in [-0.25, -0.2) is 0 Å². The van der Waals surface area contributed by atoms with Crippen molar-refractivity contribution in [3.8, 4) is 0 Å². The van der Waals surface area contributed by atoms with E-state index in [1.807, 2.05) is 11.8 Å². The third-order valence-electron chi connectivity index (χ3n) is 5.61. The van der Waals surface area contributed by atoms with Crippen molar-refractivity contribution < 1.29 is 14.3 Å². The van der Waals surface area contributed by atoms with Gasteiger partial charge in [0.1, 0.15) is 0 Å². The summed E-state index contributed by atoms with van der Waals surface area (Å²) >= 11 is 0. The van der Waals surface area contributed by atoms with Crippen LogP contribution in [-0.2, 0) is 14.3 Å². The van der Waals surface area contributed by atoms with Crippen molar-refractivity contribution in [1.82, 2.24) is 20.3 Å². The van der Waals surface area contributed by atoms with Crippen LogP contribution in [0.2, 0.25) is 0 Å². The van der Waals surface area contributed by atoms with E-state index in [-0.39, 0.29) is 23.3 Å². The summed E-state index contributed by atoms with van der Waals surface area (Å²) in [6.45, 7) is 4.64. The van der Waals surface area contributed by atoms with E-state index in [9.17, 15) is 4.79 Å². The quantitative estimate of drug-likeness (QED) is 0.767. The standard InChI is InChI=1S/C17H28N4O3/c1-3-24-9-8-17(6-4-5-7-17)16(22)21-11-13(15(12-21)23-2)14-10-18-20-19-14/h10,13,15H,3-9,11-12H2,1-2H3,(H,18,19,20)/t13-,15+/m0/s1. The summed E-state index contributed by atoms with van der Waals surface area (Å²) in [5.41, 5.74) is 0.624. The molecule has 2 heterocycles. The number of carbonyl (C=O) groups excluding carboxylic acids is 1. The fraction of sp³-hybridized carbons (Fsp3) is 0.824. The number of carbonyl (C=O) groups is 1. The molecule has 3 rings (SSSR count). The van der Waals surface area contributed by atoms with E-state index < -0.39 is 0 Å². The zero-order chi connectivity index (χ0) is 17.0. The fourth-order valence-corrected chi connectivity index (χ4v) is 4.22. The van der Waals surface area contributed by atoms with Gasteiger partial charge in [0.25, 0.3) is 0 Å². The molecule has 1 aromatic rings. The average Bonchev–Trinajstić information content (AvgIpc) is 3.33. The molecule has 2 atom stereocenters. The Bertz CT molecular complexity index is 528. The average molecular weight is 336 g/mol. The Morgan fingerprint density at radius 2 is 2.21 bits per heavy atom. The van der Waals surface area contributed by atoms with Crippen LogP contribution in [0.4, 0.5) is 0 Å². The lowest BCUT2D eigenvalue weighted by Gasteiger charge is -2.32. The van der Waals surface area contributed by atoms with E-state index in [4.69, 9.17) is 9.47 Å². The van der Waals surface area contributed by atoms with E-state index in [2.05, 4.69) is 15.4 Å². The van der Waals surface area contributed by atoms with Crippen molar-refractivity contribution in [2.24, 2.45) is 5.41 Å². The van der Waals surface area contributed by atoms with Crippen LogP contribution in [0.15, 0.2) is 6.20 Å². The second-order valence-corrected chi connectivity index (χ2v) is 6.92. The van der Waals surface area contributed by atoms with Gasteiger partial charge >= 0.3 is 0 Å². The van der Waals surface area contributed by atoms with Gasteiger partial charge in [0, 0.05) is 33.4 Å². The summed E-state index contributed by atoms with van der Waals surface area (Å²) in [6, 6.07) is 0. The molecule has 134 valence electrons. The van der Waals surface area contributed by atoms with E-state index >= 15 is 0 Å². The van der Waals surface area contributed by atoms with Crippen LogP contribution in [0.25, 0.3) is 0 Å². The van der Waals surface area contributed by atoms with Crippen LogP contribution < -0.4 is 0 Å². The number of methoxy groups -OCH3 is 1. The number of rotatable bonds is 7. The fourth-order valence-electron chi connectivity index (χ4n) is 4.22. The first-order chi connectivity index (χ1) is 11.7. The lowest BCUT2D eigenvalue weighted by molar-refractivity contribution is -0.142. The summed E-state index contributed by atoms with van der Waals surface area (Å²) in [5, 5.41) is 10.7. The number of aromatic nitrogens is 3. The highest BCUT2D eigenvalue weighted by atomic mass is 16.5. The predicted molar refractivity (Wildman–Crippen MR) is 88.5 cm³/mol. The summed E-state index contributed by atoms with van der Waals surface area (Å²) < 4.78 is 11.2. The van der Waals surface area contributed by atoms with Crippen molar-refractivity contribution >= 4 is 5.91 Å². The highest BCUT2D eigenvalue weighted by molar-refractivity contribution is 5.83. The van der Waals surface area contributed by atoms with E-state index in [1.54, 1.807) is 13.3 Å². The van der Waals surface area contributed by atoms with Gasteiger partial charge in [0.05, 0.1) is 29.3 Å². The number of ether oxygens (including phenoxy) is 2. The number of hydrogen-bond acceptors (Lipinski definition) is 5. The molecule has 1 saturated carbocycles. The Morgan fingerprint density at radius 1 is 1.42 bits per heavy atom. The zero-order valence-corrected chi connectivity index (χ0v) is 14.7. The van der Waals surface area contributed by atoms with E-state index in [0.717, 1.165) is 37.8 Å². The maximum absolute atomic E-state index is 13.3. The second kappa shape index (κ2) is 7.61. The molecule has 2 aliphatic rings. The third-order valence-corrected chi connectivity index (χ3v) is 5.61. The van der Waals surface area contributed by atoms with Gasteiger partial charge in [-0.3, -0.25) is 4.79 Å². The molecule has 0 spiro atoms. The maximum Gasteiger partial charge on any atom is 0.228 e. The van der Waals surface area contributed by atoms with Gasteiger partial charge < -0.3 is 14.4 Å². The van der Waals surface area contributed by atoms with Gasteiger partial charge in [0.15, 0.2) is 0 Å². The molecule has 1 amide bonds. The molecule has 1 aromatic heterocycles. The minimum atomic E-state index is -0.244. The van der Waals surface area contributed by atoms with Crippen LogP contribution in [0.3, 0.4) is 0 Å². The maximum atomic E-state index is 13.3. The Morgan fingerprint density at radius 3 is 2.83 bits per heavy atom. The van der Waals surface area contributed by atoms with Crippen molar-refractivity contribution in [3.63, 3.8) is 0 Å². The van der Waals surface area contributed by atoms with E-state index in [1.165, 1.54) is 0 Å². The lowest BCUT2D eigenvalue weighted by Crippen LogP contribution is -2.42. The molecule has 1 aliphatic carbocycles. The number of nitrogens with one attached hydrogen (secondary N) is 1. The highest BCUT2D eigenvalue weighted by Gasteiger charge is 2.47. The minimum Gasteiger partial charge on any atom is -0.382 e. The molecule has 7 heteroatoms. The molecule has 7 nitrogen and oxygen atoms in total. The van der Waals surface area contributed by atoms with Crippen LogP contribution >= 0.6 is 0 Å². The number of aromatic amines is 1. The molecule has 0 unspecified atom stereocenters. The molecule has 2 fully saturated rings. The number of H-pyrrole nitrogens is 1. The second-order valence-electron chi connectivity index (χ2n) is 6.92. The SMILES string of the molecule is CCOCCC1(C(=O)N2C[C@@H](OC)[C@H](c3cn[nH]n3)C2)CCCC1. The Hall–Kier alpha value is -1.47. The van der Waals surface area contributed by atoms with Crippen LogP contribution in [0, 0.1) is 5.41 Å². The van der Waals surface area contributed by atoms with Gasteiger partial charge in [-0.05, 0) is 26.2 Å². The largest absolute Gasteiger partial charge is 0.382 e. The van der Waals surface area contributed by atoms with Gasteiger partial charge in [-0.15, -0.1) is 0 Å². The Labute approximate surface area is 143 Å². The van der Waals surface area contributed by atoms with Crippen LogP contribution in [0.5, 0.6) is 0 Å². The smallest absolute Gasteiger partial charge is 0.228 e. The Balaban J connectivity index is 1.71. The van der Waals surface area contributed by atoms with Crippen molar-refractivity contribution in [1.29, 1.82) is 0 Å². The van der Waals surface area contributed by atoms with Gasteiger partial charge in [-0.1, -0.05) is 12.8 Å². The number of hydrogen-bond donors (Lipinski definition) is 1. The van der Waals surface area contributed by atoms with Gasteiger partial charge in [-0.2, -0.15) is 15.4 Å². The molecule has 1 N–H and O–H groups in total. The first kappa shape index (κ1) is 17.4. The zero-order valence-electron chi connectivity index (χ0n) is 14.7. The predicted octanol–water partition coefficient (Wildman–Crippen LogP) is 1.73. The summed E-state index contributed by atoms with van der Waals surface area (Å²) in [5.74, 6) is 0.357. The number of amides is 1. The monoisotopic (exact) mass is 336 g/mol. The molecule has 0 aromatic carbocycles. The molecule has 1 aliphatic heterocycles. The van der Waals surface area contributed by atoms with Crippen LogP contribution in [0.1, 0.15) is 50.6 Å². The first-order valence-corrected chi connectivity index (χ1v) is 8.96. The van der Waals surface area contributed by atoms with Gasteiger partial charge in [0.2, 0.25) is 5.91 Å². The molecule has 1 saturated heterocycles. The lowest BCUT2D eigenvalue weighted by atomic mass is 9.81. The number of nitrogens with zero attached hydrogens (tertiary/aromatic N) is 3. The topological polar surface area (TPSA) is 80.3 Å². The summed E-state index contributed by atoms with van der Waals surface area (Å²) in [4.78, 5) is 15.3. The summed E-state index contributed by atoms with van der Waals surface area (Å²) in [7, 11) is 1.70. The molecule has 24 heavy (non-hydrogen) atoms.